The molecule has 11 heavy (non-hydrogen) atoms. The van der Waals surface area contributed by atoms with Crippen LogP contribution in [0.2, 0.25) is 0 Å². The minimum atomic E-state index is 0.102. The highest BCUT2D eigenvalue weighted by Gasteiger charge is 2.17. The monoisotopic (exact) mass is 155 g/mol. The molecule has 1 rings (SSSR count). The number of urea groups is 1. The number of hydrogen-bond donors (Lipinski definition) is 0. The summed E-state index contributed by atoms with van der Waals surface area (Å²) in [5, 5.41) is 0. The van der Waals surface area contributed by atoms with Crippen LogP contribution in [-0.4, -0.2) is 36.5 Å². The maximum absolute atomic E-state index is 11.3. The lowest BCUT2D eigenvalue weighted by Gasteiger charge is -2.28. The number of piperidine rings is 1. The van der Waals surface area contributed by atoms with E-state index in [1.54, 1.807) is 23.9 Å². The molecule has 0 aromatic heterocycles. The number of carbonyl (C=O) groups is 1. The Kier molecular flexibility index (Phi) is 2.74. The Morgan fingerprint density at radius 1 is 1.45 bits per heavy atom. The van der Waals surface area contributed by atoms with E-state index in [1.807, 2.05) is 6.54 Å². The predicted molar refractivity (Wildman–Crippen MR) is 43.9 cm³/mol. The summed E-state index contributed by atoms with van der Waals surface area (Å²) in [6.45, 7) is 2.88. The maximum Gasteiger partial charge on any atom is 0.319 e. The lowest BCUT2D eigenvalue weighted by atomic mass is 10.1. The van der Waals surface area contributed by atoms with Gasteiger partial charge in [-0.3, -0.25) is 0 Å². The Labute approximate surface area is 68.0 Å². The van der Waals surface area contributed by atoms with E-state index in [0.717, 1.165) is 19.4 Å². The van der Waals surface area contributed by atoms with Crippen LogP contribution in [0.25, 0.3) is 0 Å². The fraction of sp³-hybridized carbons (Fsp3) is 0.750. The topological polar surface area (TPSA) is 23.6 Å². The molecule has 0 aliphatic carbocycles. The van der Waals surface area contributed by atoms with Crippen LogP contribution in [0.4, 0.5) is 4.79 Å². The molecule has 0 unspecified atom stereocenters. The van der Waals surface area contributed by atoms with Gasteiger partial charge in [-0.1, -0.05) is 0 Å². The van der Waals surface area contributed by atoms with Gasteiger partial charge >= 0.3 is 6.03 Å². The molecule has 0 aromatic rings. The average Bonchev–Trinajstić information content (AvgIpc) is 2.05. The van der Waals surface area contributed by atoms with Crippen molar-refractivity contribution in [3.63, 3.8) is 0 Å². The van der Waals surface area contributed by atoms with Crippen LogP contribution in [0.3, 0.4) is 0 Å². The summed E-state index contributed by atoms with van der Waals surface area (Å²) in [4.78, 5) is 14.7. The zero-order valence-electron chi connectivity index (χ0n) is 7.21. The molecular formula is C8H15N2O. The highest BCUT2D eigenvalue weighted by atomic mass is 16.2. The van der Waals surface area contributed by atoms with Gasteiger partial charge in [-0.2, -0.15) is 0 Å². The molecule has 2 amide bonds. The molecule has 1 saturated heterocycles. The predicted octanol–water partition coefficient (Wildman–Crippen LogP) is 1.32. The summed E-state index contributed by atoms with van der Waals surface area (Å²) in [5.41, 5.74) is 0. The average molecular weight is 155 g/mol. The Bertz CT molecular complexity index is 139. The second-order valence-electron chi connectivity index (χ2n) is 3.05. The number of nitrogens with zero attached hydrogens (tertiary/aromatic N) is 2. The molecule has 3 heteroatoms. The first-order valence-corrected chi connectivity index (χ1v) is 4.03. The Hall–Kier alpha value is -0.730. The summed E-state index contributed by atoms with van der Waals surface area (Å²) >= 11 is 0. The zero-order chi connectivity index (χ0) is 8.27. The van der Waals surface area contributed by atoms with Gasteiger partial charge in [-0.15, -0.1) is 0 Å². The molecule has 1 fully saturated rings. The van der Waals surface area contributed by atoms with E-state index >= 15 is 0 Å². The molecular weight excluding hydrogens is 140 g/mol. The summed E-state index contributed by atoms with van der Waals surface area (Å²) < 4.78 is 0. The van der Waals surface area contributed by atoms with Crippen LogP contribution < -0.4 is 0 Å². The SMILES string of the molecule is CN(C)C(=O)N1[CH]CCCC1. The fourth-order valence-electron chi connectivity index (χ4n) is 1.20. The van der Waals surface area contributed by atoms with Gasteiger partial charge in [0, 0.05) is 20.6 Å². The largest absolute Gasteiger partial charge is 0.331 e. The lowest BCUT2D eigenvalue weighted by Crippen LogP contribution is -2.39. The Morgan fingerprint density at radius 3 is 2.64 bits per heavy atom. The van der Waals surface area contributed by atoms with Crippen molar-refractivity contribution in [3.05, 3.63) is 6.54 Å². The molecule has 1 aliphatic heterocycles. The molecule has 63 valence electrons. The van der Waals surface area contributed by atoms with Crippen LogP contribution in [0.5, 0.6) is 0 Å². The first-order valence-electron chi connectivity index (χ1n) is 4.03. The normalized spacial score (nSPS) is 18.2. The van der Waals surface area contributed by atoms with Gasteiger partial charge in [0.05, 0.1) is 6.54 Å². The number of hydrogen-bond acceptors (Lipinski definition) is 1. The van der Waals surface area contributed by atoms with Crippen LogP contribution in [-0.2, 0) is 0 Å². The van der Waals surface area contributed by atoms with Crippen molar-refractivity contribution >= 4 is 6.03 Å². The fourth-order valence-corrected chi connectivity index (χ4v) is 1.20. The first-order chi connectivity index (χ1) is 5.22. The quantitative estimate of drug-likeness (QED) is 0.517. The van der Waals surface area contributed by atoms with E-state index in [1.165, 1.54) is 6.42 Å². The van der Waals surface area contributed by atoms with Crippen molar-refractivity contribution in [3.8, 4) is 0 Å². The van der Waals surface area contributed by atoms with Gasteiger partial charge in [0.1, 0.15) is 0 Å². The third-order valence-electron chi connectivity index (χ3n) is 1.83. The summed E-state index contributed by atoms with van der Waals surface area (Å²) in [5.74, 6) is 0. The van der Waals surface area contributed by atoms with Crippen molar-refractivity contribution in [1.82, 2.24) is 9.80 Å². The third kappa shape index (κ3) is 2.10. The minimum absolute atomic E-state index is 0.102. The summed E-state index contributed by atoms with van der Waals surface area (Å²) in [6.07, 6.45) is 3.40. The molecule has 0 saturated carbocycles. The van der Waals surface area contributed by atoms with Crippen LogP contribution >= 0.6 is 0 Å². The van der Waals surface area contributed by atoms with E-state index in [-0.39, 0.29) is 6.03 Å². The molecule has 1 radical (unpaired) electrons. The highest BCUT2D eigenvalue weighted by molar-refractivity contribution is 5.74. The van der Waals surface area contributed by atoms with Crippen LogP contribution in [0, 0.1) is 6.54 Å². The van der Waals surface area contributed by atoms with Gasteiger partial charge in [0.2, 0.25) is 0 Å². The number of likely N-dealkylation sites (tertiary alicyclic amines) is 1. The molecule has 1 aliphatic rings. The molecule has 1 heterocycles. The zero-order valence-corrected chi connectivity index (χ0v) is 7.21. The minimum Gasteiger partial charge on any atom is -0.331 e. The number of carbonyl (C=O) groups excluding carboxylic acids is 1. The van der Waals surface area contributed by atoms with E-state index in [4.69, 9.17) is 0 Å². The summed E-state index contributed by atoms with van der Waals surface area (Å²) in [7, 11) is 3.57. The van der Waals surface area contributed by atoms with Crippen molar-refractivity contribution in [2.75, 3.05) is 20.6 Å². The lowest BCUT2D eigenvalue weighted by molar-refractivity contribution is 0.174. The number of amides is 2. The maximum atomic E-state index is 11.3. The first kappa shape index (κ1) is 8.37. The molecule has 0 aromatic carbocycles. The molecule has 0 spiro atoms. The smallest absolute Gasteiger partial charge is 0.319 e. The van der Waals surface area contributed by atoms with E-state index in [2.05, 4.69) is 0 Å². The highest BCUT2D eigenvalue weighted by Crippen LogP contribution is 2.13. The van der Waals surface area contributed by atoms with E-state index in [9.17, 15) is 4.79 Å². The van der Waals surface area contributed by atoms with Gasteiger partial charge < -0.3 is 9.80 Å². The summed E-state index contributed by atoms with van der Waals surface area (Å²) in [6, 6.07) is 0.102. The van der Waals surface area contributed by atoms with Gasteiger partial charge in [0.25, 0.3) is 0 Å². The second-order valence-corrected chi connectivity index (χ2v) is 3.05. The Morgan fingerprint density at radius 2 is 2.18 bits per heavy atom. The molecule has 3 nitrogen and oxygen atoms in total. The van der Waals surface area contributed by atoms with Gasteiger partial charge in [-0.25, -0.2) is 4.79 Å². The third-order valence-corrected chi connectivity index (χ3v) is 1.83. The van der Waals surface area contributed by atoms with Crippen molar-refractivity contribution in [2.45, 2.75) is 19.3 Å². The van der Waals surface area contributed by atoms with Crippen molar-refractivity contribution < 1.29 is 4.79 Å². The van der Waals surface area contributed by atoms with Gasteiger partial charge in [-0.05, 0) is 19.3 Å². The van der Waals surface area contributed by atoms with Crippen LogP contribution in [0.1, 0.15) is 19.3 Å². The molecule has 0 bridgehead atoms. The van der Waals surface area contributed by atoms with Gasteiger partial charge in [0.15, 0.2) is 0 Å². The van der Waals surface area contributed by atoms with Crippen LogP contribution in [0.15, 0.2) is 0 Å². The Balaban J connectivity index is 2.39. The van der Waals surface area contributed by atoms with E-state index < -0.39 is 0 Å². The van der Waals surface area contributed by atoms with E-state index in [0.29, 0.717) is 0 Å². The van der Waals surface area contributed by atoms with Crippen molar-refractivity contribution in [2.24, 2.45) is 0 Å². The number of rotatable bonds is 0. The molecule has 0 N–H and O–H groups in total. The second kappa shape index (κ2) is 3.60. The van der Waals surface area contributed by atoms with Crippen molar-refractivity contribution in [1.29, 1.82) is 0 Å². The standard InChI is InChI=1S/C8H15N2O/c1-9(2)8(11)10-6-4-3-5-7-10/h6H,3-5,7H2,1-2H3. The molecule has 0 atom stereocenters.